The Labute approximate surface area is 106 Å². The van der Waals surface area contributed by atoms with Gasteiger partial charge < -0.3 is 0 Å². The van der Waals surface area contributed by atoms with E-state index in [1.807, 2.05) is 0 Å². The van der Waals surface area contributed by atoms with Crippen LogP contribution in [0.1, 0.15) is 50.7 Å². The molecule has 1 nitrogen and oxygen atoms in total. The summed E-state index contributed by atoms with van der Waals surface area (Å²) >= 11 is 2.33. The van der Waals surface area contributed by atoms with E-state index < -0.39 is 0 Å². The predicted molar refractivity (Wildman–Crippen MR) is 73.6 cm³/mol. The highest BCUT2D eigenvalue weighted by Crippen LogP contribution is 2.36. The molecule has 0 bridgehead atoms. The average Bonchev–Trinajstić information content (AvgIpc) is 2.16. The SMILES string of the molecule is [C-]#[N+]c1c(C(C)C)cc(I)cc1C(C)C. The molecule has 1 aromatic carbocycles. The molecule has 15 heavy (non-hydrogen) atoms. The normalized spacial score (nSPS) is 10.8. The molecule has 0 saturated heterocycles. The minimum Gasteiger partial charge on any atom is -0.238 e. The minimum absolute atomic E-state index is 0.418. The molecule has 0 saturated carbocycles. The van der Waals surface area contributed by atoms with Gasteiger partial charge in [-0.2, -0.15) is 0 Å². The Morgan fingerprint density at radius 2 is 1.47 bits per heavy atom. The highest BCUT2D eigenvalue weighted by molar-refractivity contribution is 14.1. The Balaban J connectivity index is 3.47. The van der Waals surface area contributed by atoms with E-state index in [0.717, 1.165) is 5.69 Å². The van der Waals surface area contributed by atoms with E-state index in [2.05, 4.69) is 67.3 Å². The standard InChI is InChI=1S/C13H16IN/c1-8(2)11-6-10(14)7-12(9(3)4)13(11)15-5/h6-9H,1-4H3. The van der Waals surface area contributed by atoms with E-state index in [0.29, 0.717) is 11.8 Å². The Morgan fingerprint density at radius 1 is 1.07 bits per heavy atom. The number of hydrogen-bond acceptors (Lipinski definition) is 0. The quantitative estimate of drug-likeness (QED) is 0.529. The van der Waals surface area contributed by atoms with Gasteiger partial charge in [0.05, 0.1) is 6.57 Å². The molecule has 2 heteroatoms. The molecule has 0 spiro atoms. The molecular formula is C13H16IN. The van der Waals surface area contributed by atoms with Crippen LogP contribution < -0.4 is 0 Å². The van der Waals surface area contributed by atoms with Crippen molar-refractivity contribution in [3.05, 3.63) is 38.2 Å². The van der Waals surface area contributed by atoms with E-state index >= 15 is 0 Å². The molecule has 0 aromatic heterocycles. The molecule has 0 N–H and O–H groups in total. The van der Waals surface area contributed by atoms with Gasteiger partial charge in [0.25, 0.3) is 0 Å². The minimum atomic E-state index is 0.418. The van der Waals surface area contributed by atoms with Gasteiger partial charge in [0.15, 0.2) is 5.69 Å². The number of benzene rings is 1. The van der Waals surface area contributed by atoms with Crippen LogP contribution in [0.3, 0.4) is 0 Å². The second-order valence-corrected chi connectivity index (χ2v) is 5.60. The molecular weight excluding hydrogens is 297 g/mol. The number of hydrogen-bond donors (Lipinski definition) is 0. The largest absolute Gasteiger partial charge is 0.238 e. The van der Waals surface area contributed by atoms with Gasteiger partial charge in [0.1, 0.15) is 0 Å². The van der Waals surface area contributed by atoms with Crippen LogP contribution in [0, 0.1) is 10.1 Å². The lowest BCUT2D eigenvalue weighted by Gasteiger charge is -2.15. The van der Waals surface area contributed by atoms with E-state index in [1.54, 1.807) is 0 Å². The summed E-state index contributed by atoms with van der Waals surface area (Å²) < 4.78 is 1.23. The summed E-state index contributed by atoms with van der Waals surface area (Å²) in [6, 6.07) is 4.26. The van der Waals surface area contributed by atoms with Crippen molar-refractivity contribution in [1.29, 1.82) is 0 Å². The summed E-state index contributed by atoms with van der Waals surface area (Å²) in [7, 11) is 0. The molecule has 0 aliphatic rings. The Kier molecular flexibility index (Phi) is 4.15. The maximum absolute atomic E-state index is 7.31. The van der Waals surface area contributed by atoms with Crippen LogP contribution in [0.4, 0.5) is 5.69 Å². The Bertz CT molecular complexity index is 370. The van der Waals surface area contributed by atoms with Crippen molar-refractivity contribution < 1.29 is 0 Å². The van der Waals surface area contributed by atoms with Crippen LogP contribution in [0.2, 0.25) is 0 Å². The fourth-order valence-electron chi connectivity index (χ4n) is 1.65. The van der Waals surface area contributed by atoms with Gasteiger partial charge in [-0.05, 0) is 45.6 Å². The van der Waals surface area contributed by atoms with Gasteiger partial charge in [-0.15, -0.1) is 0 Å². The van der Waals surface area contributed by atoms with Crippen LogP contribution in [0.15, 0.2) is 12.1 Å². The van der Waals surface area contributed by atoms with Crippen molar-refractivity contribution in [2.24, 2.45) is 0 Å². The van der Waals surface area contributed by atoms with Crippen molar-refractivity contribution in [1.82, 2.24) is 0 Å². The monoisotopic (exact) mass is 313 g/mol. The van der Waals surface area contributed by atoms with Gasteiger partial charge in [0, 0.05) is 3.57 Å². The molecule has 0 radical (unpaired) electrons. The summed E-state index contributed by atoms with van der Waals surface area (Å²) in [5, 5.41) is 0. The van der Waals surface area contributed by atoms with Crippen molar-refractivity contribution in [2.45, 2.75) is 39.5 Å². The fourth-order valence-corrected chi connectivity index (χ4v) is 2.32. The third-order valence-electron chi connectivity index (χ3n) is 2.49. The smallest absolute Gasteiger partial charge is 0.194 e. The third kappa shape index (κ3) is 2.72. The molecule has 0 heterocycles. The summed E-state index contributed by atoms with van der Waals surface area (Å²) in [5.41, 5.74) is 3.22. The second-order valence-electron chi connectivity index (χ2n) is 4.35. The molecule has 0 atom stereocenters. The Morgan fingerprint density at radius 3 is 1.73 bits per heavy atom. The Hall–Kier alpha value is -0.560. The predicted octanol–water partition coefficient (Wildman–Crippen LogP) is 5.09. The van der Waals surface area contributed by atoms with Gasteiger partial charge in [-0.25, -0.2) is 4.85 Å². The first kappa shape index (κ1) is 12.5. The molecule has 0 amide bonds. The lowest BCUT2D eigenvalue weighted by atomic mass is 9.93. The van der Waals surface area contributed by atoms with Crippen LogP contribution >= 0.6 is 22.6 Å². The number of nitrogens with zero attached hydrogens (tertiary/aromatic N) is 1. The van der Waals surface area contributed by atoms with Crippen LogP contribution in [0.25, 0.3) is 4.85 Å². The zero-order chi connectivity index (χ0) is 11.6. The molecule has 0 aliphatic carbocycles. The first-order valence-corrected chi connectivity index (χ1v) is 6.26. The van der Waals surface area contributed by atoms with E-state index in [-0.39, 0.29) is 0 Å². The third-order valence-corrected chi connectivity index (χ3v) is 3.11. The molecule has 0 fully saturated rings. The van der Waals surface area contributed by atoms with Gasteiger partial charge in [0.2, 0.25) is 0 Å². The van der Waals surface area contributed by atoms with Crippen LogP contribution in [-0.2, 0) is 0 Å². The second kappa shape index (κ2) is 4.98. The van der Waals surface area contributed by atoms with Gasteiger partial charge >= 0.3 is 0 Å². The van der Waals surface area contributed by atoms with Gasteiger partial charge in [-0.1, -0.05) is 39.8 Å². The van der Waals surface area contributed by atoms with Crippen molar-refractivity contribution >= 4 is 28.3 Å². The summed E-state index contributed by atoms with van der Waals surface area (Å²) in [6.07, 6.45) is 0. The topological polar surface area (TPSA) is 4.36 Å². The first-order chi connectivity index (χ1) is 6.97. The lowest BCUT2D eigenvalue weighted by molar-refractivity contribution is 0.840. The molecule has 0 aliphatic heterocycles. The van der Waals surface area contributed by atoms with E-state index in [9.17, 15) is 0 Å². The van der Waals surface area contributed by atoms with Gasteiger partial charge in [-0.3, -0.25) is 0 Å². The highest BCUT2D eigenvalue weighted by Gasteiger charge is 2.14. The fraction of sp³-hybridized carbons (Fsp3) is 0.462. The highest BCUT2D eigenvalue weighted by atomic mass is 127. The zero-order valence-electron chi connectivity index (χ0n) is 9.63. The molecule has 80 valence electrons. The van der Waals surface area contributed by atoms with E-state index in [1.165, 1.54) is 14.7 Å². The van der Waals surface area contributed by atoms with Crippen LogP contribution in [0.5, 0.6) is 0 Å². The molecule has 0 unspecified atom stereocenters. The first-order valence-electron chi connectivity index (χ1n) is 5.18. The summed E-state index contributed by atoms with van der Waals surface area (Å²) in [6.45, 7) is 15.9. The average molecular weight is 313 g/mol. The summed E-state index contributed by atoms with van der Waals surface area (Å²) in [5.74, 6) is 0.836. The lowest BCUT2D eigenvalue weighted by Crippen LogP contribution is -1.96. The zero-order valence-corrected chi connectivity index (χ0v) is 11.8. The van der Waals surface area contributed by atoms with Crippen molar-refractivity contribution in [3.8, 4) is 0 Å². The van der Waals surface area contributed by atoms with Crippen molar-refractivity contribution in [3.63, 3.8) is 0 Å². The van der Waals surface area contributed by atoms with Crippen molar-refractivity contribution in [2.75, 3.05) is 0 Å². The molecule has 1 rings (SSSR count). The number of halogens is 1. The van der Waals surface area contributed by atoms with Crippen LogP contribution in [-0.4, -0.2) is 0 Å². The number of rotatable bonds is 2. The maximum atomic E-state index is 7.31. The summed E-state index contributed by atoms with van der Waals surface area (Å²) in [4.78, 5) is 3.70. The molecule has 1 aromatic rings. The maximum Gasteiger partial charge on any atom is 0.194 e. The van der Waals surface area contributed by atoms with E-state index in [4.69, 9.17) is 6.57 Å².